The molecule has 172 valence electrons. The highest BCUT2D eigenvalue weighted by Crippen LogP contribution is 2.39. The molecule has 4 rings (SSSR count). The molecule has 1 aromatic heterocycles. The molecule has 0 saturated carbocycles. The Bertz CT molecular complexity index is 928. The number of pyridine rings is 1. The van der Waals surface area contributed by atoms with E-state index in [1.165, 1.54) is 5.56 Å². The molecule has 32 heavy (non-hydrogen) atoms. The van der Waals surface area contributed by atoms with Crippen LogP contribution in [0.5, 0.6) is 5.75 Å². The molecule has 7 heteroatoms. The topological polar surface area (TPSA) is 71.0 Å². The molecule has 2 N–H and O–H groups in total. The van der Waals surface area contributed by atoms with Gasteiger partial charge in [-0.3, -0.25) is 0 Å². The zero-order chi connectivity index (χ0) is 22.6. The van der Waals surface area contributed by atoms with E-state index in [4.69, 9.17) is 14.5 Å². The minimum Gasteiger partial charge on any atom is -0.487 e. The van der Waals surface area contributed by atoms with E-state index >= 15 is 0 Å². The predicted molar refractivity (Wildman–Crippen MR) is 128 cm³/mol. The smallest absolute Gasteiger partial charge is 0.192 e. The first kappa shape index (κ1) is 22.4. The fourth-order valence-corrected chi connectivity index (χ4v) is 4.31. The normalized spacial score (nSPS) is 22.6. The number of morpholine rings is 1. The van der Waals surface area contributed by atoms with Crippen LogP contribution in [0.4, 0.5) is 5.82 Å². The fraction of sp³-hybridized carbons (Fsp3) is 0.520. The number of rotatable bonds is 5. The number of hydrogen-bond donors (Lipinski definition) is 2. The number of aromatic nitrogens is 1. The summed E-state index contributed by atoms with van der Waals surface area (Å²) in [7, 11) is 0. The van der Waals surface area contributed by atoms with E-state index in [2.05, 4.69) is 72.5 Å². The second-order valence-corrected chi connectivity index (χ2v) is 9.15. The Labute approximate surface area is 191 Å². The quantitative estimate of drug-likeness (QED) is 0.550. The van der Waals surface area contributed by atoms with Crippen LogP contribution in [0.15, 0.2) is 47.6 Å². The van der Waals surface area contributed by atoms with Crippen LogP contribution in [0.3, 0.4) is 0 Å². The first-order chi connectivity index (χ1) is 15.4. The molecule has 0 spiro atoms. The van der Waals surface area contributed by atoms with Crippen molar-refractivity contribution in [3.8, 4) is 5.75 Å². The van der Waals surface area contributed by atoms with Gasteiger partial charge in [0.25, 0.3) is 0 Å². The molecule has 2 atom stereocenters. The van der Waals surface area contributed by atoms with Gasteiger partial charge in [0.05, 0.1) is 25.3 Å². The van der Waals surface area contributed by atoms with Crippen LogP contribution in [-0.2, 0) is 11.3 Å². The predicted octanol–water partition coefficient (Wildman–Crippen LogP) is 3.66. The molecule has 0 radical (unpaired) electrons. The van der Waals surface area contributed by atoms with Crippen molar-refractivity contribution in [1.29, 1.82) is 0 Å². The lowest BCUT2D eigenvalue weighted by molar-refractivity contribution is 0.0529. The number of ether oxygens (including phenoxy) is 2. The molecular weight excluding hydrogens is 402 g/mol. The van der Waals surface area contributed by atoms with E-state index < -0.39 is 0 Å². The maximum absolute atomic E-state index is 6.17. The molecule has 2 aliphatic rings. The number of fused-ring (bicyclic) bond motifs is 1. The van der Waals surface area contributed by atoms with Crippen molar-refractivity contribution in [1.82, 2.24) is 15.6 Å². The third-order valence-corrected chi connectivity index (χ3v) is 5.83. The molecule has 2 aliphatic heterocycles. The molecule has 0 aliphatic carbocycles. The van der Waals surface area contributed by atoms with E-state index in [1.807, 2.05) is 18.3 Å². The first-order valence-electron chi connectivity index (χ1n) is 11.6. The van der Waals surface area contributed by atoms with Crippen LogP contribution in [0, 0.1) is 0 Å². The average Bonchev–Trinajstić information content (AvgIpc) is 2.77. The number of hydrogen-bond acceptors (Lipinski definition) is 5. The summed E-state index contributed by atoms with van der Waals surface area (Å²) in [6.45, 7) is 12.3. The second-order valence-electron chi connectivity index (χ2n) is 9.15. The van der Waals surface area contributed by atoms with E-state index in [9.17, 15) is 0 Å². The molecule has 2 aromatic rings. The Morgan fingerprint density at radius 3 is 2.84 bits per heavy atom. The summed E-state index contributed by atoms with van der Waals surface area (Å²) in [5, 5.41) is 7.01. The molecule has 3 heterocycles. The van der Waals surface area contributed by atoms with Gasteiger partial charge in [-0.25, -0.2) is 9.98 Å². The number of para-hydroxylation sites is 1. The zero-order valence-corrected chi connectivity index (χ0v) is 19.6. The van der Waals surface area contributed by atoms with Crippen molar-refractivity contribution < 1.29 is 9.47 Å². The summed E-state index contributed by atoms with van der Waals surface area (Å²) in [6.07, 6.45) is 3.03. The summed E-state index contributed by atoms with van der Waals surface area (Å²) >= 11 is 0. The summed E-state index contributed by atoms with van der Waals surface area (Å²) in [6, 6.07) is 12.6. The molecule has 1 fully saturated rings. The summed E-state index contributed by atoms with van der Waals surface area (Å²) < 4.78 is 11.8. The summed E-state index contributed by atoms with van der Waals surface area (Å²) in [4.78, 5) is 11.8. The van der Waals surface area contributed by atoms with Crippen LogP contribution in [0.1, 0.15) is 51.3 Å². The second kappa shape index (κ2) is 9.77. The van der Waals surface area contributed by atoms with Crippen molar-refractivity contribution in [3.05, 3.63) is 53.7 Å². The maximum atomic E-state index is 6.17. The lowest BCUT2D eigenvalue weighted by Crippen LogP contribution is -2.45. The van der Waals surface area contributed by atoms with Gasteiger partial charge in [-0.05, 0) is 45.4 Å². The van der Waals surface area contributed by atoms with Gasteiger partial charge < -0.3 is 25.0 Å². The van der Waals surface area contributed by atoms with Gasteiger partial charge in [0, 0.05) is 37.8 Å². The Balaban J connectivity index is 1.44. The summed E-state index contributed by atoms with van der Waals surface area (Å²) in [5.74, 6) is 2.74. The molecule has 0 amide bonds. The number of aliphatic imine (C=N–C) groups is 1. The van der Waals surface area contributed by atoms with E-state index in [0.29, 0.717) is 6.54 Å². The first-order valence-corrected chi connectivity index (χ1v) is 11.6. The van der Waals surface area contributed by atoms with Crippen LogP contribution < -0.4 is 20.3 Å². The highest BCUT2D eigenvalue weighted by atomic mass is 16.5. The monoisotopic (exact) mass is 437 g/mol. The van der Waals surface area contributed by atoms with E-state index in [1.54, 1.807) is 0 Å². The molecule has 1 aromatic carbocycles. The number of nitrogens with zero attached hydrogens (tertiary/aromatic N) is 3. The number of anilines is 1. The standard InChI is InChI=1S/C25H35N5O2/c1-5-26-24(29-21-14-25(3,4)32-22-9-7-6-8-20(21)22)28-16-19-10-11-23(27-15-19)30-12-13-31-18(2)17-30/h6-11,15,18,21H,5,12-14,16-17H2,1-4H3,(H2,26,28,29). The van der Waals surface area contributed by atoms with Crippen LogP contribution >= 0.6 is 0 Å². The summed E-state index contributed by atoms with van der Waals surface area (Å²) in [5.41, 5.74) is 2.02. The van der Waals surface area contributed by atoms with E-state index in [-0.39, 0.29) is 17.7 Å². The van der Waals surface area contributed by atoms with Crippen LogP contribution in [0.2, 0.25) is 0 Å². The van der Waals surface area contributed by atoms with Gasteiger partial charge in [-0.15, -0.1) is 0 Å². The van der Waals surface area contributed by atoms with Crippen LogP contribution in [0.25, 0.3) is 0 Å². The number of benzene rings is 1. The minimum absolute atomic E-state index is 0.136. The third-order valence-electron chi connectivity index (χ3n) is 5.83. The Morgan fingerprint density at radius 1 is 1.25 bits per heavy atom. The van der Waals surface area contributed by atoms with Gasteiger partial charge in [0.1, 0.15) is 17.2 Å². The van der Waals surface area contributed by atoms with Crippen molar-refractivity contribution in [2.75, 3.05) is 31.1 Å². The molecule has 1 saturated heterocycles. The minimum atomic E-state index is -0.236. The van der Waals surface area contributed by atoms with Crippen molar-refractivity contribution in [3.63, 3.8) is 0 Å². The average molecular weight is 438 g/mol. The van der Waals surface area contributed by atoms with Crippen molar-refractivity contribution in [2.45, 2.75) is 58.4 Å². The van der Waals surface area contributed by atoms with Crippen LogP contribution in [-0.4, -0.2) is 48.9 Å². The number of guanidine groups is 1. The lowest BCUT2D eigenvalue weighted by atomic mass is 9.90. The van der Waals surface area contributed by atoms with Crippen molar-refractivity contribution in [2.24, 2.45) is 4.99 Å². The molecule has 0 bridgehead atoms. The van der Waals surface area contributed by atoms with Gasteiger partial charge in [-0.2, -0.15) is 0 Å². The maximum Gasteiger partial charge on any atom is 0.192 e. The molecule has 7 nitrogen and oxygen atoms in total. The van der Waals surface area contributed by atoms with E-state index in [0.717, 1.165) is 55.8 Å². The van der Waals surface area contributed by atoms with Crippen molar-refractivity contribution >= 4 is 11.8 Å². The van der Waals surface area contributed by atoms with Gasteiger partial charge in [0.15, 0.2) is 5.96 Å². The third kappa shape index (κ3) is 5.51. The van der Waals surface area contributed by atoms with Gasteiger partial charge in [0.2, 0.25) is 0 Å². The van der Waals surface area contributed by atoms with Gasteiger partial charge >= 0.3 is 0 Å². The zero-order valence-electron chi connectivity index (χ0n) is 19.6. The Hall–Kier alpha value is -2.80. The molecule has 2 unspecified atom stereocenters. The molecular formula is C25H35N5O2. The SMILES string of the molecule is CCNC(=NCc1ccc(N2CCOC(C)C2)nc1)NC1CC(C)(C)Oc2ccccc21. The lowest BCUT2D eigenvalue weighted by Gasteiger charge is -2.38. The highest BCUT2D eigenvalue weighted by Gasteiger charge is 2.34. The number of nitrogens with one attached hydrogen (secondary N) is 2. The highest BCUT2D eigenvalue weighted by molar-refractivity contribution is 5.80. The Morgan fingerprint density at radius 2 is 2.09 bits per heavy atom. The van der Waals surface area contributed by atoms with Gasteiger partial charge in [-0.1, -0.05) is 24.3 Å². The fourth-order valence-electron chi connectivity index (χ4n) is 4.31. The largest absolute Gasteiger partial charge is 0.487 e. The Kier molecular flexibility index (Phi) is 6.84.